The second kappa shape index (κ2) is 6.67. The Kier molecular flexibility index (Phi) is 4.92. The van der Waals surface area contributed by atoms with Crippen molar-refractivity contribution in [3.63, 3.8) is 0 Å². The van der Waals surface area contributed by atoms with Crippen LogP contribution in [0.4, 0.5) is 5.69 Å². The lowest BCUT2D eigenvalue weighted by Gasteiger charge is -2.10. The maximum absolute atomic E-state index is 11.9. The molecule has 0 spiro atoms. The van der Waals surface area contributed by atoms with E-state index in [1.54, 1.807) is 0 Å². The van der Waals surface area contributed by atoms with Gasteiger partial charge in [-0.05, 0) is 31.4 Å². The van der Waals surface area contributed by atoms with Gasteiger partial charge in [0.05, 0.1) is 11.0 Å². The number of amides is 1. The molecule has 0 bridgehead atoms. The van der Waals surface area contributed by atoms with Crippen LogP contribution in [0, 0.1) is 10.1 Å². The van der Waals surface area contributed by atoms with E-state index in [1.165, 1.54) is 18.2 Å². The average Bonchev–Trinajstić information content (AvgIpc) is 2.92. The van der Waals surface area contributed by atoms with Gasteiger partial charge in [0.25, 0.3) is 11.6 Å². The van der Waals surface area contributed by atoms with E-state index in [4.69, 9.17) is 16.3 Å². The van der Waals surface area contributed by atoms with Crippen LogP contribution < -0.4 is 5.32 Å². The third-order valence-corrected chi connectivity index (χ3v) is 3.50. The summed E-state index contributed by atoms with van der Waals surface area (Å²) >= 11 is 5.70. The molecule has 108 valence electrons. The zero-order valence-corrected chi connectivity index (χ0v) is 11.6. The van der Waals surface area contributed by atoms with E-state index in [9.17, 15) is 14.9 Å². The standard InChI is InChI=1S/C13H15ClN2O4/c14-11-4-3-9(8-12(11)16(18)19)13(17)15-6-5-10-2-1-7-20-10/h3-4,8,10H,1-2,5-7H2,(H,15,17). The van der Waals surface area contributed by atoms with E-state index in [2.05, 4.69) is 5.32 Å². The third-order valence-electron chi connectivity index (χ3n) is 3.18. The second-order valence-electron chi connectivity index (χ2n) is 4.60. The van der Waals surface area contributed by atoms with Gasteiger partial charge in [-0.1, -0.05) is 11.6 Å². The highest BCUT2D eigenvalue weighted by Crippen LogP contribution is 2.25. The number of nitrogens with one attached hydrogen (secondary N) is 1. The molecule has 20 heavy (non-hydrogen) atoms. The predicted molar refractivity (Wildman–Crippen MR) is 74.0 cm³/mol. The minimum Gasteiger partial charge on any atom is -0.378 e. The average molecular weight is 299 g/mol. The lowest BCUT2D eigenvalue weighted by Crippen LogP contribution is -2.27. The summed E-state index contributed by atoms with van der Waals surface area (Å²) in [7, 11) is 0. The first kappa shape index (κ1) is 14.7. The molecule has 1 aromatic rings. The smallest absolute Gasteiger partial charge is 0.288 e. The molecule has 1 heterocycles. The Hall–Kier alpha value is -1.66. The van der Waals surface area contributed by atoms with Gasteiger partial charge in [-0.2, -0.15) is 0 Å². The number of hydrogen-bond acceptors (Lipinski definition) is 4. The van der Waals surface area contributed by atoms with Gasteiger partial charge in [-0.3, -0.25) is 14.9 Å². The normalized spacial score (nSPS) is 17.9. The largest absolute Gasteiger partial charge is 0.378 e. The van der Waals surface area contributed by atoms with Crippen molar-refractivity contribution in [2.45, 2.75) is 25.4 Å². The molecule has 0 aliphatic carbocycles. The first-order valence-electron chi connectivity index (χ1n) is 6.41. The van der Waals surface area contributed by atoms with Crippen LogP contribution in [0.5, 0.6) is 0 Å². The number of ether oxygens (including phenoxy) is 1. The lowest BCUT2D eigenvalue weighted by molar-refractivity contribution is -0.384. The number of nitrogens with zero attached hydrogens (tertiary/aromatic N) is 1. The Balaban J connectivity index is 1.91. The van der Waals surface area contributed by atoms with Crippen molar-refractivity contribution in [3.8, 4) is 0 Å². The molecule has 1 aliphatic rings. The molecule has 7 heteroatoms. The summed E-state index contributed by atoms with van der Waals surface area (Å²) in [4.78, 5) is 22.0. The quantitative estimate of drug-likeness (QED) is 0.669. The Morgan fingerprint density at radius 2 is 2.35 bits per heavy atom. The van der Waals surface area contributed by atoms with E-state index < -0.39 is 4.92 Å². The molecule has 1 fully saturated rings. The Labute approximate surface area is 121 Å². The molecule has 1 amide bonds. The van der Waals surface area contributed by atoms with Gasteiger partial charge in [0.15, 0.2) is 0 Å². The lowest BCUT2D eigenvalue weighted by atomic mass is 10.1. The van der Waals surface area contributed by atoms with Gasteiger partial charge in [0.1, 0.15) is 5.02 Å². The summed E-state index contributed by atoms with van der Waals surface area (Å²) in [6, 6.07) is 4.01. The van der Waals surface area contributed by atoms with Crippen LogP contribution in [-0.2, 0) is 4.74 Å². The van der Waals surface area contributed by atoms with Crippen molar-refractivity contribution in [1.82, 2.24) is 5.32 Å². The molecule has 2 rings (SSSR count). The molecule has 0 saturated carbocycles. The van der Waals surface area contributed by atoms with Crippen LogP contribution in [0.25, 0.3) is 0 Å². The first-order valence-corrected chi connectivity index (χ1v) is 6.79. The van der Waals surface area contributed by atoms with Gasteiger partial charge in [0.2, 0.25) is 0 Å². The van der Waals surface area contributed by atoms with Gasteiger partial charge < -0.3 is 10.1 Å². The highest BCUT2D eigenvalue weighted by atomic mass is 35.5. The van der Waals surface area contributed by atoms with E-state index in [1.807, 2.05) is 0 Å². The fourth-order valence-corrected chi connectivity index (χ4v) is 2.30. The number of nitro groups is 1. The molecule has 1 aromatic carbocycles. The monoisotopic (exact) mass is 298 g/mol. The number of rotatable bonds is 5. The molecule has 0 radical (unpaired) electrons. The fourth-order valence-electron chi connectivity index (χ4n) is 2.11. The summed E-state index contributed by atoms with van der Waals surface area (Å²) in [6.07, 6.45) is 3.03. The van der Waals surface area contributed by atoms with Crippen LogP contribution in [0.3, 0.4) is 0 Å². The summed E-state index contributed by atoms with van der Waals surface area (Å²) in [5.41, 5.74) is -0.0353. The first-order chi connectivity index (χ1) is 9.58. The Morgan fingerprint density at radius 3 is 3.00 bits per heavy atom. The predicted octanol–water partition coefficient (Wildman–Crippen LogP) is 2.55. The highest BCUT2D eigenvalue weighted by Gasteiger charge is 2.18. The molecule has 1 saturated heterocycles. The Morgan fingerprint density at radius 1 is 1.55 bits per heavy atom. The van der Waals surface area contributed by atoms with E-state index in [-0.39, 0.29) is 28.3 Å². The number of hydrogen-bond donors (Lipinski definition) is 1. The van der Waals surface area contributed by atoms with Crippen molar-refractivity contribution >= 4 is 23.2 Å². The molecular weight excluding hydrogens is 284 g/mol. The van der Waals surface area contributed by atoms with Gasteiger partial charge in [-0.25, -0.2) is 0 Å². The summed E-state index contributed by atoms with van der Waals surface area (Å²) < 4.78 is 5.45. The van der Waals surface area contributed by atoms with Crippen molar-refractivity contribution in [2.75, 3.05) is 13.2 Å². The fraction of sp³-hybridized carbons (Fsp3) is 0.462. The molecule has 1 N–H and O–H groups in total. The van der Waals surface area contributed by atoms with Crippen LogP contribution in [0.1, 0.15) is 29.6 Å². The molecule has 1 atom stereocenters. The maximum atomic E-state index is 11.9. The van der Waals surface area contributed by atoms with Crippen molar-refractivity contribution in [2.24, 2.45) is 0 Å². The van der Waals surface area contributed by atoms with Crippen LogP contribution >= 0.6 is 11.6 Å². The number of nitro benzene ring substituents is 1. The summed E-state index contributed by atoms with van der Waals surface area (Å²) in [5, 5.41) is 13.5. The van der Waals surface area contributed by atoms with Crippen molar-refractivity contribution < 1.29 is 14.5 Å². The Bertz CT molecular complexity index is 515. The van der Waals surface area contributed by atoms with Gasteiger partial charge in [0, 0.05) is 24.8 Å². The van der Waals surface area contributed by atoms with Crippen LogP contribution in [0.15, 0.2) is 18.2 Å². The van der Waals surface area contributed by atoms with Crippen LogP contribution in [0.2, 0.25) is 5.02 Å². The minimum atomic E-state index is -0.606. The SMILES string of the molecule is O=C(NCCC1CCCO1)c1ccc(Cl)c([N+](=O)[O-])c1. The van der Waals surface area contributed by atoms with Crippen molar-refractivity contribution in [3.05, 3.63) is 38.9 Å². The maximum Gasteiger partial charge on any atom is 0.288 e. The van der Waals surface area contributed by atoms with Gasteiger partial charge in [-0.15, -0.1) is 0 Å². The summed E-state index contributed by atoms with van der Waals surface area (Å²) in [6.45, 7) is 1.27. The van der Waals surface area contributed by atoms with Gasteiger partial charge >= 0.3 is 0 Å². The van der Waals surface area contributed by atoms with E-state index in [0.29, 0.717) is 6.54 Å². The molecule has 1 unspecified atom stereocenters. The van der Waals surface area contributed by atoms with E-state index in [0.717, 1.165) is 25.9 Å². The molecule has 1 aliphatic heterocycles. The second-order valence-corrected chi connectivity index (χ2v) is 5.01. The topological polar surface area (TPSA) is 81.5 Å². The summed E-state index contributed by atoms with van der Waals surface area (Å²) in [5.74, 6) is -0.345. The highest BCUT2D eigenvalue weighted by molar-refractivity contribution is 6.32. The number of benzene rings is 1. The van der Waals surface area contributed by atoms with Crippen LogP contribution in [-0.4, -0.2) is 30.1 Å². The molecular formula is C13H15ClN2O4. The zero-order chi connectivity index (χ0) is 14.5. The van der Waals surface area contributed by atoms with Crippen molar-refractivity contribution in [1.29, 1.82) is 0 Å². The number of carbonyl (C=O) groups excluding carboxylic acids is 1. The zero-order valence-electron chi connectivity index (χ0n) is 10.8. The van der Waals surface area contributed by atoms with E-state index >= 15 is 0 Å². The minimum absolute atomic E-state index is 0.0194. The third kappa shape index (κ3) is 3.68. The molecule has 0 aromatic heterocycles. The number of halogens is 1. The molecule has 6 nitrogen and oxygen atoms in total. The number of carbonyl (C=O) groups is 1.